The molecule has 8 atom stereocenters. The van der Waals surface area contributed by atoms with E-state index in [2.05, 4.69) is 98.5 Å². The van der Waals surface area contributed by atoms with E-state index in [9.17, 15) is 15.0 Å². The summed E-state index contributed by atoms with van der Waals surface area (Å²) >= 11 is 0. The summed E-state index contributed by atoms with van der Waals surface area (Å²) in [6, 6.07) is 18.4. The summed E-state index contributed by atoms with van der Waals surface area (Å²) < 4.78 is 0. The highest BCUT2D eigenvalue weighted by molar-refractivity contribution is 5.82. The third-order valence-electron chi connectivity index (χ3n) is 10.9. The first kappa shape index (κ1) is 33.0. The number of fused-ring (bicyclic) bond motifs is 2. The molecule has 8 nitrogen and oxygen atoms in total. The van der Waals surface area contributed by atoms with Crippen LogP contribution < -0.4 is 5.32 Å². The Bertz CT molecular complexity index is 1240. The van der Waals surface area contributed by atoms with Gasteiger partial charge in [-0.2, -0.15) is 5.06 Å². The number of rotatable bonds is 13. The monoisotopic (exact) mass is 606 g/mol. The second-order valence-corrected chi connectivity index (χ2v) is 14.6. The number of amides is 1. The van der Waals surface area contributed by atoms with Crippen molar-refractivity contribution in [3.63, 3.8) is 0 Å². The van der Waals surface area contributed by atoms with Crippen LogP contribution in [0.5, 0.6) is 0 Å². The van der Waals surface area contributed by atoms with Crippen LogP contribution >= 0.6 is 0 Å². The van der Waals surface area contributed by atoms with Gasteiger partial charge >= 0.3 is 0 Å². The second kappa shape index (κ2) is 14.0. The number of aliphatic hydroxyl groups excluding tert-OH is 2. The van der Waals surface area contributed by atoms with Gasteiger partial charge in [0.1, 0.15) is 12.1 Å². The van der Waals surface area contributed by atoms with Gasteiger partial charge in [0.15, 0.2) is 0 Å². The number of likely N-dealkylation sites (N-methyl/N-ethyl adjacent to an activating group) is 1. The first-order valence-electron chi connectivity index (χ1n) is 16.5. The van der Waals surface area contributed by atoms with Gasteiger partial charge in [0.2, 0.25) is 5.91 Å². The van der Waals surface area contributed by atoms with E-state index < -0.39 is 24.2 Å². The lowest BCUT2D eigenvalue weighted by Gasteiger charge is -2.62. The average molecular weight is 607 g/mol. The maximum atomic E-state index is 14.0. The molecule has 6 rings (SSSR count). The highest BCUT2D eigenvalue weighted by Crippen LogP contribution is 2.61. The third-order valence-corrected chi connectivity index (χ3v) is 10.9. The fourth-order valence-corrected chi connectivity index (χ4v) is 8.15. The van der Waals surface area contributed by atoms with Crippen LogP contribution in [-0.4, -0.2) is 89.1 Å². The number of carbonyl (C=O) groups is 1. The van der Waals surface area contributed by atoms with Crippen molar-refractivity contribution in [3.8, 4) is 0 Å². The fraction of sp³-hybridized carbons (Fsp3) is 0.639. The first-order chi connectivity index (χ1) is 21.0. The van der Waals surface area contributed by atoms with Crippen LogP contribution in [0.15, 0.2) is 54.6 Å². The average Bonchev–Trinajstić information content (AvgIpc) is 3.36. The minimum atomic E-state index is -0.807. The number of nitrogens with zero attached hydrogens (tertiary/aromatic N) is 3. The molecule has 2 aromatic rings. The number of nitrogens with one attached hydrogen (secondary N) is 1. The van der Waals surface area contributed by atoms with Crippen molar-refractivity contribution >= 4 is 5.91 Å². The predicted octanol–water partition coefficient (Wildman–Crippen LogP) is 3.91. The normalized spacial score (nSPS) is 30.4. The molecule has 2 bridgehead atoms. The highest BCUT2D eigenvalue weighted by Gasteiger charge is 2.57. The molecule has 242 valence electrons. The summed E-state index contributed by atoms with van der Waals surface area (Å²) in [5, 5.41) is 26.0. The Labute approximate surface area is 264 Å². The number of aliphatic hydroxyl groups is 2. The molecule has 0 radical (unpaired) electrons. The zero-order chi connectivity index (χ0) is 31.6. The molecular formula is C36H54N4O4. The van der Waals surface area contributed by atoms with Crippen LogP contribution in [-0.2, 0) is 29.3 Å². The number of hydroxylamine groups is 2. The van der Waals surface area contributed by atoms with Crippen molar-refractivity contribution in [2.75, 3.05) is 33.8 Å². The van der Waals surface area contributed by atoms with Crippen molar-refractivity contribution in [3.05, 3.63) is 71.3 Å². The quantitative estimate of drug-likeness (QED) is 0.319. The number of hydrogen-bond donors (Lipinski definition) is 3. The molecule has 1 saturated heterocycles. The van der Waals surface area contributed by atoms with Gasteiger partial charge in [-0.15, -0.1) is 0 Å². The lowest BCUT2D eigenvalue weighted by Crippen LogP contribution is -2.62. The van der Waals surface area contributed by atoms with Crippen LogP contribution in [0.2, 0.25) is 0 Å². The lowest BCUT2D eigenvalue weighted by atomic mass is 9.45. The largest absolute Gasteiger partial charge is 0.394 e. The zero-order valence-electron chi connectivity index (χ0n) is 27.5. The maximum absolute atomic E-state index is 14.0. The van der Waals surface area contributed by atoms with Crippen LogP contribution in [0.1, 0.15) is 57.2 Å². The molecule has 1 amide bonds. The topological polar surface area (TPSA) is 88.5 Å². The molecule has 1 heterocycles. The number of hydrogen-bond acceptors (Lipinski definition) is 7. The standard InChI is InChI=1S/C36H54N4O4/c1-24-30-18-29(36(30,3)4)19-31(24)37-35(43)34-33(25(2)42)32(23-41)44-40(34)22-28-14-10-13-27(17-28)21-39(16-15-38(5)6)20-26-11-8-7-9-12-26/h7-14,17,24-25,29-34,41-42H,15-16,18-23H2,1-6H3,(H,37,43)/t24?,25-,29+,30-,31?,32-,33+,34-/m0/s1. The summed E-state index contributed by atoms with van der Waals surface area (Å²) in [5.41, 5.74) is 3.85. The van der Waals surface area contributed by atoms with Gasteiger partial charge in [-0.05, 0) is 73.7 Å². The van der Waals surface area contributed by atoms with Crippen molar-refractivity contribution in [1.29, 1.82) is 0 Å². The predicted molar refractivity (Wildman–Crippen MR) is 173 cm³/mol. The summed E-state index contributed by atoms with van der Waals surface area (Å²) in [6.45, 7) is 12.4. The van der Waals surface area contributed by atoms with Crippen molar-refractivity contribution < 1.29 is 19.8 Å². The Kier molecular flexibility index (Phi) is 10.5. The van der Waals surface area contributed by atoms with Crippen molar-refractivity contribution in [2.24, 2.45) is 29.1 Å². The summed E-state index contributed by atoms with van der Waals surface area (Å²) in [6.07, 6.45) is 0.786. The van der Waals surface area contributed by atoms with E-state index >= 15 is 0 Å². The molecule has 2 aromatic carbocycles. The Morgan fingerprint density at radius 2 is 1.73 bits per heavy atom. The Balaban J connectivity index is 1.30. The Morgan fingerprint density at radius 3 is 2.36 bits per heavy atom. The van der Waals surface area contributed by atoms with Gasteiger partial charge in [-0.25, -0.2) is 0 Å². The van der Waals surface area contributed by atoms with Crippen molar-refractivity contribution in [2.45, 2.75) is 84.5 Å². The molecule has 3 N–H and O–H groups in total. The highest BCUT2D eigenvalue weighted by atomic mass is 16.7. The molecule has 4 fully saturated rings. The van der Waals surface area contributed by atoms with Crippen LogP contribution in [0.3, 0.4) is 0 Å². The van der Waals surface area contributed by atoms with E-state index in [1.807, 2.05) is 6.07 Å². The maximum Gasteiger partial charge on any atom is 0.240 e. The number of carbonyl (C=O) groups excluding carboxylic acids is 1. The van der Waals surface area contributed by atoms with Crippen LogP contribution in [0, 0.1) is 29.1 Å². The molecule has 0 spiro atoms. The SMILES string of the molecule is CC1C(NC(=O)[C@@H]2[C@H]([C@H](C)O)[C@H](CO)ON2Cc2cccc(CN(CCN(C)C)Cc3ccccc3)c2)C[C@H]2C[C@@H]1C2(C)C. The summed E-state index contributed by atoms with van der Waals surface area (Å²) in [5.74, 6) is 1.00. The van der Waals surface area contributed by atoms with Crippen molar-refractivity contribution in [1.82, 2.24) is 20.2 Å². The van der Waals surface area contributed by atoms with E-state index in [-0.39, 0.29) is 18.6 Å². The van der Waals surface area contributed by atoms with E-state index in [4.69, 9.17) is 4.84 Å². The molecule has 8 heteroatoms. The molecular weight excluding hydrogens is 552 g/mol. The minimum Gasteiger partial charge on any atom is -0.394 e. The molecule has 44 heavy (non-hydrogen) atoms. The van der Waals surface area contributed by atoms with E-state index in [1.165, 1.54) is 17.5 Å². The van der Waals surface area contributed by atoms with Gasteiger partial charge in [-0.1, -0.05) is 75.4 Å². The van der Waals surface area contributed by atoms with Gasteiger partial charge in [0.05, 0.1) is 19.3 Å². The molecule has 3 aliphatic carbocycles. The molecule has 0 aromatic heterocycles. The van der Waals surface area contributed by atoms with Crippen LogP contribution in [0.4, 0.5) is 0 Å². The molecule has 1 aliphatic heterocycles. The molecule has 3 saturated carbocycles. The minimum absolute atomic E-state index is 0.114. The second-order valence-electron chi connectivity index (χ2n) is 14.6. The van der Waals surface area contributed by atoms with Crippen LogP contribution in [0.25, 0.3) is 0 Å². The Morgan fingerprint density at radius 1 is 1.05 bits per heavy atom. The third kappa shape index (κ3) is 7.22. The summed E-state index contributed by atoms with van der Waals surface area (Å²) in [7, 11) is 4.20. The molecule has 2 unspecified atom stereocenters. The van der Waals surface area contributed by atoms with E-state index in [0.29, 0.717) is 29.7 Å². The fourth-order valence-electron chi connectivity index (χ4n) is 8.15. The lowest BCUT2D eigenvalue weighted by molar-refractivity contribution is -0.183. The van der Waals surface area contributed by atoms with Gasteiger partial charge in [0.25, 0.3) is 0 Å². The molecule has 4 aliphatic rings. The van der Waals surface area contributed by atoms with E-state index in [0.717, 1.165) is 38.2 Å². The zero-order valence-corrected chi connectivity index (χ0v) is 27.5. The van der Waals surface area contributed by atoms with Gasteiger partial charge in [-0.3, -0.25) is 14.5 Å². The number of benzene rings is 2. The first-order valence-corrected chi connectivity index (χ1v) is 16.5. The summed E-state index contributed by atoms with van der Waals surface area (Å²) in [4.78, 5) is 24.9. The van der Waals surface area contributed by atoms with Gasteiger partial charge < -0.3 is 20.4 Å². The smallest absolute Gasteiger partial charge is 0.240 e. The van der Waals surface area contributed by atoms with Gasteiger partial charge in [0, 0.05) is 38.1 Å². The Hall–Kier alpha value is -2.33. The van der Waals surface area contributed by atoms with E-state index in [1.54, 1.807) is 12.0 Å².